The number of furan rings is 1. The number of fused-ring (bicyclic) bond motifs is 1. The van der Waals surface area contributed by atoms with Gasteiger partial charge >= 0.3 is 0 Å². The van der Waals surface area contributed by atoms with E-state index < -0.39 is 0 Å². The van der Waals surface area contributed by atoms with Crippen molar-refractivity contribution in [2.45, 2.75) is 13.8 Å². The van der Waals surface area contributed by atoms with E-state index >= 15 is 0 Å². The highest BCUT2D eigenvalue weighted by atomic mass is 79.9. The van der Waals surface area contributed by atoms with Crippen molar-refractivity contribution in [3.63, 3.8) is 0 Å². The van der Waals surface area contributed by atoms with Gasteiger partial charge in [-0.3, -0.25) is 4.79 Å². The van der Waals surface area contributed by atoms with Crippen LogP contribution >= 0.6 is 15.9 Å². The van der Waals surface area contributed by atoms with Crippen molar-refractivity contribution in [2.24, 2.45) is 0 Å². The van der Waals surface area contributed by atoms with E-state index in [1.54, 1.807) is 4.90 Å². The van der Waals surface area contributed by atoms with Gasteiger partial charge < -0.3 is 9.32 Å². The van der Waals surface area contributed by atoms with Gasteiger partial charge in [-0.1, -0.05) is 36.4 Å². The van der Waals surface area contributed by atoms with Crippen molar-refractivity contribution in [2.75, 3.05) is 11.4 Å². The van der Waals surface area contributed by atoms with Crippen LogP contribution in [0.3, 0.4) is 0 Å². The van der Waals surface area contributed by atoms with E-state index in [2.05, 4.69) is 15.9 Å². The maximum Gasteiger partial charge on any atom is 0.294 e. The number of aryl methyl sites for hydroxylation is 1. The van der Waals surface area contributed by atoms with Crippen LogP contribution in [0.1, 0.15) is 23.0 Å². The molecule has 22 heavy (non-hydrogen) atoms. The number of nitrogens with zero attached hydrogens (tertiary/aromatic N) is 1. The summed E-state index contributed by atoms with van der Waals surface area (Å²) in [6.45, 7) is 4.41. The fourth-order valence-corrected chi connectivity index (χ4v) is 3.15. The van der Waals surface area contributed by atoms with E-state index in [-0.39, 0.29) is 5.91 Å². The molecule has 0 radical (unpaired) electrons. The minimum absolute atomic E-state index is 0.123. The van der Waals surface area contributed by atoms with Crippen molar-refractivity contribution in [1.82, 2.24) is 0 Å². The third-order valence-electron chi connectivity index (χ3n) is 3.70. The fourth-order valence-electron chi connectivity index (χ4n) is 2.65. The second-order valence-electron chi connectivity index (χ2n) is 5.11. The molecule has 3 rings (SSSR count). The first-order valence-corrected chi connectivity index (χ1v) is 7.96. The van der Waals surface area contributed by atoms with E-state index in [1.807, 2.05) is 62.4 Å². The van der Waals surface area contributed by atoms with Crippen molar-refractivity contribution in [3.8, 4) is 0 Å². The molecule has 0 aliphatic rings. The van der Waals surface area contributed by atoms with Gasteiger partial charge in [-0.25, -0.2) is 0 Å². The molecule has 1 aromatic heterocycles. The fraction of sp³-hybridized carbons (Fsp3) is 0.167. The first kappa shape index (κ1) is 14.9. The molecule has 0 fully saturated rings. The zero-order chi connectivity index (χ0) is 15.7. The van der Waals surface area contributed by atoms with E-state index in [0.717, 1.165) is 22.0 Å². The molecular weight excluding hydrogens is 342 g/mol. The molecule has 112 valence electrons. The molecule has 2 aromatic carbocycles. The molecular formula is C18H16BrNO2. The molecule has 0 N–H and O–H groups in total. The molecule has 3 nitrogen and oxygen atoms in total. The SMILES string of the molecule is CCN(C(=O)c1oc(Br)cc1C)c1cccc2ccccc12. The standard InChI is InChI=1S/C18H16BrNO2/c1-3-20(18(21)17-12(2)11-16(19)22-17)15-10-6-8-13-7-4-5-9-14(13)15/h4-11H,3H2,1-2H3. The lowest BCUT2D eigenvalue weighted by atomic mass is 10.1. The molecule has 0 saturated carbocycles. The third-order valence-corrected chi connectivity index (χ3v) is 4.09. The van der Waals surface area contributed by atoms with Gasteiger partial charge in [0.05, 0.1) is 5.69 Å². The number of amides is 1. The topological polar surface area (TPSA) is 33.5 Å². The van der Waals surface area contributed by atoms with Gasteiger partial charge in [0.15, 0.2) is 10.4 Å². The van der Waals surface area contributed by atoms with Crippen LogP contribution < -0.4 is 4.90 Å². The number of carbonyl (C=O) groups is 1. The Morgan fingerprint density at radius 1 is 1.18 bits per heavy atom. The maximum absolute atomic E-state index is 12.9. The minimum atomic E-state index is -0.123. The summed E-state index contributed by atoms with van der Waals surface area (Å²) in [5.74, 6) is 0.253. The molecule has 4 heteroatoms. The number of hydrogen-bond acceptors (Lipinski definition) is 2. The predicted octanol–water partition coefficient (Wildman–Crippen LogP) is 5.17. The Morgan fingerprint density at radius 3 is 2.59 bits per heavy atom. The molecule has 0 spiro atoms. The number of halogens is 1. The van der Waals surface area contributed by atoms with E-state index in [1.165, 1.54) is 0 Å². The van der Waals surface area contributed by atoms with Gasteiger partial charge in [0.25, 0.3) is 5.91 Å². The van der Waals surface area contributed by atoms with E-state index in [9.17, 15) is 4.79 Å². The number of hydrogen-bond donors (Lipinski definition) is 0. The second-order valence-corrected chi connectivity index (χ2v) is 5.89. The van der Waals surface area contributed by atoms with Crippen LogP contribution in [0.25, 0.3) is 10.8 Å². The van der Waals surface area contributed by atoms with Crippen LogP contribution in [-0.2, 0) is 0 Å². The van der Waals surface area contributed by atoms with Crippen LogP contribution in [-0.4, -0.2) is 12.5 Å². The van der Waals surface area contributed by atoms with Crippen molar-refractivity contribution >= 4 is 38.3 Å². The average Bonchev–Trinajstić information content (AvgIpc) is 2.87. The normalized spacial score (nSPS) is 10.9. The number of rotatable bonds is 3. The lowest BCUT2D eigenvalue weighted by molar-refractivity contribution is 0.0960. The van der Waals surface area contributed by atoms with Crippen LogP contribution in [0, 0.1) is 6.92 Å². The van der Waals surface area contributed by atoms with E-state index in [4.69, 9.17) is 4.42 Å². The monoisotopic (exact) mass is 357 g/mol. The Kier molecular flexibility index (Phi) is 4.03. The number of anilines is 1. The highest BCUT2D eigenvalue weighted by Crippen LogP contribution is 2.29. The summed E-state index contributed by atoms with van der Waals surface area (Å²) >= 11 is 3.28. The molecule has 0 unspecified atom stereocenters. The Bertz CT molecular complexity index is 833. The molecule has 1 amide bonds. The van der Waals surface area contributed by atoms with Crippen LogP contribution in [0.5, 0.6) is 0 Å². The van der Waals surface area contributed by atoms with Crippen LogP contribution in [0.4, 0.5) is 5.69 Å². The number of carbonyl (C=O) groups excluding carboxylic acids is 1. The predicted molar refractivity (Wildman–Crippen MR) is 92.4 cm³/mol. The van der Waals surface area contributed by atoms with Gasteiger partial charge in [0, 0.05) is 17.5 Å². The van der Waals surface area contributed by atoms with Gasteiger partial charge in [-0.15, -0.1) is 0 Å². The van der Waals surface area contributed by atoms with Crippen LogP contribution in [0.15, 0.2) is 57.6 Å². The lowest BCUT2D eigenvalue weighted by Crippen LogP contribution is -2.30. The number of benzene rings is 2. The highest BCUT2D eigenvalue weighted by Gasteiger charge is 2.23. The minimum Gasteiger partial charge on any atom is -0.444 e. The molecule has 0 bridgehead atoms. The first-order valence-electron chi connectivity index (χ1n) is 7.17. The summed E-state index contributed by atoms with van der Waals surface area (Å²) in [7, 11) is 0. The average molecular weight is 358 g/mol. The third kappa shape index (κ3) is 2.55. The summed E-state index contributed by atoms with van der Waals surface area (Å²) in [6.07, 6.45) is 0. The zero-order valence-electron chi connectivity index (χ0n) is 12.5. The summed E-state index contributed by atoms with van der Waals surface area (Å²) in [4.78, 5) is 14.6. The summed E-state index contributed by atoms with van der Waals surface area (Å²) in [5.41, 5.74) is 1.73. The summed E-state index contributed by atoms with van der Waals surface area (Å²) in [5, 5.41) is 2.17. The Balaban J connectivity index is 2.10. The smallest absolute Gasteiger partial charge is 0.294 e. The largest absolute Gasteiger partial charge is 0.444 e. The first-order chi connectivity index (χ1) is 10.6. The quantitative estimate of drug-likeness (QED) is 0.647. The van der Waals surface area contributed by atoms with Gasteiger partial charge in [-0.2, -0.15) is 0 Å². The molecule has 0 atom stereocenters. The van der Waals surface area contributed by atoms with Gasteiger partial charge in [0.1, 0.15) is 0 Å². The van der Waals surface area contributed by atoms with Crippen molar-refractivity contribution in [3.05, 3.63) is 64.5 Å². The maximum atomic E-state index is 12.9. The van der Waals surface area contributed by atoms with Gasteiger partial charge in [-0.05, 0) is 47.3 Å². The molecule has 0 aliphatic heterocycles. The van der Waals surface area contributed by atoms with Crippen molar-refractivity contribution < 1.29 is 9.21 Å². The van der Waals surface area contributed by atoms with Gasteiger partial charge in [0.2, 0.25) is 0 Å². The Morgan fingerprint density at radius 2 is 1.91 bits per heavy atom. The zero-order valence-corrected chi connectivity index (χ0v) is 14.1. The second kappa shape index (κ2) is 5.97. The van der Waals surface area contributed by atoms with Crippen molar-refractivity contribution in [1.29, 1.82) is 0 Å². The molecule has 0 aliphatic carbocycles. The molecule has 0 saturated heterocycles. The summed E-state index contributed by atoms with van der Waals surface area (Å²) < 4.78 is 6.09. The Labute approximate surface area is 137 Å². The molecule has 3 aromatic rings. The van der Waals surface area contributed by atoms with Crippen LogP contribution in [0.2, 0.25) is 0 Å². The molecule has 1 heterocycles. The Hall–Kier alpha value is -2.07. The highest BCUT2D eigenvalue weighted by molar-refractivity contribution is 9.10. The lowest BCUT2D eigenvalue weighted by Gasteiger charge is -2.22. The van der Waals surface area contributed by atoms with E-state index in [0.29, 0.717) is 17.0 Å². The summed E-state index contributed by atoms with van der Waals surface area (Å²) in [6, 6.07) is 15.9.